The van der Waals surface area contributed by atoms with Crippen LogP contribution in [0, 0.1) is 5.41 Å². The third-order valence-corrected chi connectivity index (χ3v) is 3.73. The Kier molecular flexibility index (Phi) is 5.48. The normalized spacial score (nSPS) is 10.3. The van der Waals surface area contributed by atoms with Gasteiger partial charge >= 0.3 is 0 Å². The van der Waals surface area contributed by atoms with Crippen LogP contribution in [0.4, 0.5) is 0 Å². The molecule has 0 saturated heterocycles. The van der Waals surface area contributed by atoms with E-state index in [-0.39, 0.29) is 5.78 Å². The lowest BCUT2D eigenvalue weighted by atomic mass is 10.0. The number of rotatable bonds is 7. The van der Waals surface area contributed by atoms with Crippen LogP contribution >= 0.6 is 0 Å². The topological polar surface area (TPSA) is 50.2 Å². The van der Waals surface area contributed by atoms with Crippen LogP contribution in [0.25, 0.3) is 0 Å². The van der Waals surface area contributed by atoms with Crippen LogP contribution in [-0.4, -0.2) is 12.0 Å². The van der Waals surface area contributed by atoms with Gasteiger partial charge in [0.15, 0.2) is 0 Å². The van der Waals surface area contributed by atoms with Gasteiger partial charge in [-0.05, 0) is 24.0 Å². The van der Waals surface area contributed by atoms with E-state index in [1.165, 1.54) is 11.1 Å². The highest BCUT2D eigenvalue weighted by atomic mass is 16.5. The zero-order chi connectivity index (χ0) is 15.9. The summed E-state index contributed by atoms with van der Waals surface area (Å²) >= 11 is 0. The Balaban J connectivity index is 2.28. The summed E-state index contributed by atoms with van der Waals surface area (Å²) in [6.45, 7) is 4.54. The highest BCUT2D eigenvalue weighted by molar-refractivity contribution is 6.34. The van der Waals surface area contributed by atoms with E-state index in [0.717, 1.165) is 30.4 Å². The summed E-state index contributed by atoms with van der Waals surface area (Å²) in [4.78, 5) is 11.8. The molecule has 1 N–H and O–H groups in total. The van der Waals surface area contributed by atoms with Gasteiger partial charge in [0.1, 0.15) is 12.4 Å². The van der Waals surface area contributed by atoms with Crippen molar-refractivity contribution in [2.45, 2.75) is 33.3 Å². The maximum atomic E-state index is 11.8. The quantitative estimate of drug-likeness (QED) is 0.614. The van der Waals surface area contributed by atoms with Crippen LogP contribution < -0.4 is 4.74 Å². The second-order valence-electron chi connectivity index (χ2n) is 5.07. The van der Waals surface area contributed by atoms with Gasteiger partial charge in [-0.25, -0.2) is 0 Å². The number of Topliss-reactive ketones (excluding diaryl/α,β-unsaturated/α-hetero) is 1. The van der Waals surface area contributed by atoms with Crippen LogP contribution in [0.1, 0.15) is 40.9 Å². The number of carbonyl (C=O) groups excluding carboxylic acids is 1. The fraction of sp³-hybridized carbons (Fsp3) is 0.263. The van der Waals surface area contributed by atoms with E-state index >= 15 is 0 Å². The van der Waals surface area contributed by atoms with Gasteiger partial charge in [0.25, 0.3) is 0 Å². The summed E-state index contributed by atoms with van der Waals surface area (Å²) in [6.07, 6.45) is 2.66. The van der Waals surface area contributed by atoms with Gasteiger partial charge < -0.3 is 10.1 Å². The van der Waals surface area contributed by atoms with E-state index in [1.54, 1.807) is 12.1 Å². The molecule has 0 bridgehead atoms. The van der Waals surface area contributed by atoms with Crippen molar-refractivity contribution in [1.29, 1.82) is 5.41 Å². The zero-order valence-electron chi connectivity index (χ0n) is 13.1. The molecular weight excluding hydrogens is 274 g/mol. The monoisotopic (exact) mass is 295 g/mol. The SMILES string of the molecule is CCc1cccc(CC)c1OCc1ccccc1C(=O)C=N. The third-order valence-electron chi connectivity index (χ3n) is 3.73. The van der Waals surface area contributed by atoms with Crippen LogP contribution in [0.3, 0.4) is 0 Å². The number of aryl methyl sites for hydroxylation is 2. The van der Waals surface area contributed by atoms with Crippen molar-refractivity contribution < 1.29 is 9.53 Å². The van der Waals surface area contributed by atoms with Crippen molar-refractivity contribution in [2.75, 3.05) is 0 Å². The van der Waals surface area contributed by atoms with Gasteiger partial charge in [0.2, 0.25) is 5.78 Å². The summed E-state index contributed by atoms with van der Waals surface area (Å²) in [5.74, 6) is 0.628. The molecule has 2 aromatic carbocycles. The Labute approximate surface area is 131 Å². The molecule has 2 rings (SSSR count). The first kappa shape index (κ1) is 16.0. The number of benzene rings is 2. The fourth-order valence-corrected chi connectivity index (χ4v) is 2.49. The van der Waals surface area contributed by atoms with E-state index in [9.17, 15) is 4.79 Å². The van der Waals surface area contributed by atoms with Gasteiger partial charge in [0, 0.05) is 11.1 Å². The van der Waals surface area contributed by atoms with Gasteiger partial charge in [-0.3, -0.25) is 4.79 Å². The van der Waals surface area contributed by atoms with E-state index < -0.39 is 0 Å². The minimum atomic E-state index is -0.293. The van der Waals surface area contributed by atoms with Crippen molar-refractivity contribution >= 4 is 12.0 Å². The Morgan fingerprint density at radius 1 is 1.00 bits per heavy atom. The number of ketones is 1. The molecule has 0 aliphatic rings. The smallest absolute Gasteiger partial charge is 0.203 e. The van der Waals surface area contributed by atoms with Gasteiger partial charge in [-0.15, -0.1) is 0 Å². The highest BCUT2D eigenvalue weighted by Crippen LogP contribution is 2.26. The van der Waals surface area contributed by atoms with Crippen molar-refractivity contribution in [2.24, 2.45) is 0 Å². The van der Waals surface area contributed by atoms with Crippen LogP contribution in [0.2, 0.25) is 0 Å². The molecule has 0 aliphatic carbocycles. The second kappa shape index (κ2) is 7.55. The second-order valence-corrected chi connectivity index (χ2v) is 5.07. The summed E-state index contributed by atoms with van der Waals surface area (Å²) < 4.78 is 6.04. The molecule has 0 aromatic heterocycles. The average Bonchev–Trinajstić information content (AvgIpc) is 2.59. The van der Waals surface area contributed by atoms with E-state index in [0.29, 0.717) is 12.2 Å². The van der Waals surface area contributed by atoms with Crippen molar-refractivity contribution in [3.8, 4) is 5.75 Å². The maximum absolute atomic E-state index is 11.8. The molecule has 3 heteroatoms. The predicted molar refractivity (Wildman–Crippen MR) is 89.1 cm³/mol. The number of hydrogen-bond donors (Lipinski definition) is 1. The van der Waals surface area contributed by atoms with Crippen molar-refractivity contribution in [1.82, 2.24) is 0 Å². The lowest BCUT2D eigenvalue weighted by Gasteiger charge is -2.15. The lowest BCUT2D eigenvalue weighted by Crippen LogP contribution is -2.08. The third kappa shape index (κ3) is 3.42. The molecular formula is C19H21NO2. The Hall–Kier alpha value is -2.42. The van der Waals surface area contributed by atoms with E-state index in [4.69, 9.17) is 10.1 Å². The number of carbonyl (C=O) groups is 1. The Morgan fingerprint density at radius 2 is 1.59 bits per heavy atom. The van der Waals surface area contributed by atoms with Gasteiger partial charge in [-0.2, -0.15) is 0 Å². The number of nitrogens with one attached hydrogen (secondary N) is 1. The van der Waals surface area contributed by atoms with E-state index in [2.05, 4.69) is 32.0 Å². The molecule has 0 unspecified atom stereocenters. The molecule has 0 aliphatic heterocycles. The standard InChI is InChI=1S/C19H21NO2/c1-3-14-9-7-10-15(4-2)19(14)22-13-16-8-5-6-11-17(16)18(21)12-20/h5-12,20H,3-4,13H2,1-2H3. The molecule has 2 aromatic rings. The van der Waals surface area contributed by atoms with Crippen molar-refractivity contribution in [3.05, 3.63) is 64.7 Å². The van der Waals surface area contributed by atoms with Gasteiger partial charge in [0.05, 0.1) is 6.21 Å². The first-order valence-corrected chi connectivity index (χ1v) is 7.57. The van der Waals surface area contributed by atoms with Crippen LogP contribution in [-0.2, 0) is 19.4 Å². The van der Waals surface area contributed by atoms with Crippen LogP contribution in [0.15, 0.2) is 42.5 Å². The molecule has 0 saturated carbocycles. The molecule has 0 radical (unpaired) electrons. The molecule has 0 fully saturated rings. The number of para-hydroxylation sites is 1. The Morgan fingerprint density at radius 3 is 2.18 bits per heavy atom. The molecule has 114 valence electrons. The predicted octanol–water partition coefficient (Wildman–Crippen LogP) is 4.22. The average molecular weight is 295 g/mol. The molecule has 0 amide bonds. The largest absolute Gasteiger partial charge is 0.488 e. The Bertz CT molecular complexity index is 655. The van der Waals surface area contributed by atoms with Crippen molar-refractivity contribution in [3.63, 3.8) is 0 Å². The number of ether oxygens (including phenoxy) is 1. The molecule has 0 spiro atoms. The van der Waals surface area contributed by atoms with Gasteiger partial charge in [-0.1, -0.05) is 56.3 Å². The lowest BCUT2D eigenvalue weighted by molar-refractivity contribution is 0.106. The molecule has 3 nitrogen and oxygen atoms in total. The molecule has 22 heavy (non-hydrogen) atoms. The molecule has 0 atom stereocenters. The number of hydrogen-bond acceptors (Lipinski definition) is 3. The molecule has 0 heterocycles. The minimum absolute atomic E-state index is 0.293. The maximum Gasteiger partial charge on any atom is 0.203 e. The summed E-state index contributed by atoms with van der Waals surface area (Å²) in [5, 5.41) is 7.15. The summed E-state index contributed by atoms with van der Waals surface area (Å²) in [6, 6.07) is 13.5. The first-order chi connectivity index (χ1) is 10.7. The van der Waals surface area contributed by atoms with Crippen LogP contribution in [0.5, 0.6) is 5.75 Å². The zero-order valence-corrected chi connectivity index (χ0v) is 13.1. The fourth-order valence-electron chi connectivity index (χ4n) is 2.49. The highest BCUT2D eigenvalue weighted by Gasteiger charge is 2.11. The minimum Gasteiger partial charge on any atom is -0.488 e. The first-order valence-electron chi connectivity index (χ1n) is 7.57. The van der Waals surface area contributed by atoms with E-state index in [1.807, 2.05) is 12.1 Å². The summed E-state index contributed by atoms with van der Waals surface area (Å²) in [5.41, 5.74) is 3.69. The summed E-state index contributed by atoms with van der Waals surface area (Å²) in [7, 11) is 0.